The Labute approximate surface area is 121 Å². The molecule has 0 saturated heterocycles. The first kappa shape index (κ1) is 16.2. The molecule has 5 nitrogen and oxygen atoms in total. The van der Waals surface area contributed by atoms with Crippen molar-refractivity contribution in [3.05, 3.63) is 29.0 Å². The van der Waals surface area contributed by atoms with Gasteiger partial charge in [-0.05, 0) is 32.0 Å². The Morgan fingerprint density at radius 3 is 2.60 bits per heavy atom. The second-order valence-electron chi connectivity index (χ2n) is 4.49. The second kappa shape index (κ2) is 7.09. The van der Waals surface area contributed by atoms with Crippen LogP contribution in [0.1, 0.15) is 20.3 Å². The van der Waals surface area contributed by atoms with Gasteiger partial charge in [-0.15, -0.1) is 0 Å². The van der Waals surface area contributed by atoms with E-state index in [0.717, 1.165) is 6.07 Å². The van der Waals surface area contributed by atoms with Crippen LogP contribution in [0.4, 0.5) is 14.9 Å². The number of hydrogen-bond donors (Lipinski definition) is 2. The molecule has 2 N–H and O–H groups in total. The largest absolute Gasteiger partial charge is 0.481 e. The maximum Gasteiger partial charge on any atom is 0.322 e. The maximum atomic E-state index is 12.9. The SMILES string of the molecule is CC(C)N(CCC(=O)O)C(=O)Nc1ccc(F)cc1Cl. The highest BCUT2D eigenvalue weighted by Gasteiger charge is 2.18. The summed E-state index contributed by atoms with van der Waals surface area (Å²) in [5.41, 5.74) is 0.277. The Balaban J connectivity index is 2.77. The summed E-state index contributed by atoms with van der Waals surface area (Å²) in [6.07, 6.45) is -0.150. The van der Waals surface area contributed by atoms with E-state index in [1.54, 1.807) is 13.8 Å². The average Bonchev–Trinajstić information content (AvgIpc) is 2.32. The number of carboxylic acids is 1. The fraction of sp³-hybridized carbons (Fsp3) is 0.385. The van der Waals surface area contributed by atoms with Crippen molar-refractivity contribution in [3.63, 3.8) is 0 Å². The minimum Gasteiger partial charge on any atom is -0.481 e. The number of nitrogens with one attached hydrogen (secondary N) is 1. The summed E-state index contributed by atoms with van der Waals surface area (Å²) in [7, 11) is 0. The normalized spacial score (nSPS) is 10.4. The van der Waals surface area contributed by atoms with Gasteiger partial charge in [0.25, 0.3) is 0 Å². The molecule has 0 aliphatic carbocycles. The van der Waals surface area contributed by atoms with Gasteiger partial charge in [-0.2, -0.15) is 0 Å². The van der Waals surface area contributed by atoms with Crippen molar-refractivity contribution in [3.8, 4) is 0 Å². The Morgan fingerprint density at radius 1 is 1.45 bits per heavy atom. The van der Waals surface area contributed by atoms with Crippen LogP contribution < -0.4 is 5.32 Å². The maximum absolute atomic E-state index is 12.9. The van der Waals surface area contributed by atoms with Crippen LogP contribution in [0.2, 0.25) is 5.02 Å². The number of urea groups is 1. The number of benzene rings is 1. The third kappa shape index (κ3) is 4.70. The van der Waals surface area contributed by atoms with E-state index in [-0.39, 0.29) is 29.7 Å². The van der Waals surface area contributed by atoms with E-state index in [1.807, 2.05) is 0 Å². The Bertz CT molecular complexity index is 508. The van der Waals surface area contributed by atoms with Gasteiger partial charge in [0.1, 0.15) is 5.82 Å². The topological polar surface area (TPSA) is 69.6 Å². The highest BCUT2D eigenvalue weighted by atomic mass is 35.5. The number of halogens is 2. The highest BCUT2D eigenvalue weighted by molar-refractivity contribution is 6.33. The van der Waals surface area contributed by atoms with E-state index in [2.05, 4.69) is 5.32 Å². The van der Waals surface area contributed by atoms with Crippen molar-refractivity contribution < 1.29 is 19.1 Å². The molecular weight excluding hydrogens is 287 g/mol. The first-order valence-corrected chi connectivity index (χ1v) is 6.43. The van der Waals surface area contributed by atoms with E-state index < -0.39 is 17.8 Å². The third-order valence-electron chi connectivity index (χ3n) is 2.62. The number of anilines is 1. The predicted molar refractivity (Wildman–Crippen MR) is 74.5 cm³/mol. The molecule has 7 heteroatoms. The van der Waals surface area contributed by atoms with Crippen molar-refractivity contribution in [2.75, 3.05) is 11.9 Å². The van der Waals surface area contributed by atoms with Gasteiger partial charge in [0.2, 0.25) is 0 Å². The van der Waals surface area contributed by atoms with Gasteiger partial charge in [0.05, 0.1) is 17.1 Å². The molecule has 0 heterocycles. The van der Waals surface area contributed by atoms with E-state index in [1.165, 1.54) is 17.0 Å². The van der Waals surface area contributed by atoms with Gasteiger partial charge < -0.3 is 15.3 Å². The zero-order valence-corrected chi connectivity index (χ0v) is 11.9. The number of hydrogen-bond acceptors (Lipinski definition) is 2. The number of carboxylic acid groups (broad SMARTS) is 1. The summed E-state index contributed by atoms with van der Waals surface area (Å²) >= 11 is 5.82. The number of nitrogens with zero attached hydrogens (tertiary/aromatic N) is 1. The Kier molecular flexibility index (Phi) is 5.76. The fourth-order valence-electron chi connectivity index (χ4n) is 1.59. The number of carbonyl (C=O) groups is 2. The molecular formula is C13H16ClFN2O3. The fourth-order valence-corrected chi connectivity index (χ4v) is 1.80. The van der Waals surface area contributed by atoms with E-state index in [0.29, 0.717) is 0 Å². The number of carbonyl (C=O) groups excluding carboxylic acids is 1. The van der Waals surface area contributed by atoms with Gasteiger partial charge in [-0.3, -0.25) is 4.79 Å². The van der Waals surface area contributed by atoms with E-state index in [9.17, 15) is 14.0 Å². The Hall–Kier alpha value is -1.82. The molecule has 0 aliphatic rings. The summed E-state index contributed by atoms with van der Waals surface area (Å²) in [6.45, 7) is 3.62. The van der Waals surface area contributed by atoms with Gasteiger partial charge in [-0.25, -0.2) is 9.18 Å². The lowest BCUT2D eigenvalue weighted by Gasteiger charge is -2.26. The molecule has 2 amide bonds. The van der Waals surface area contributed by atoms with Crippen LogP contribution in [0, 0.1) is 5.82 Å². The molecule has 0 radical (unpaired) electrons. The smallest absolute Gasteiger partial charge is 0.322 e. The molecule has 0 saturated carbocycles. The predicted octanol–water partition coefficient (Wildman–Crippen LogP) is 3.20. The zero-order chi connectivity index (χ0) is 15.3. The molecule has 1 aromatic carbocycles. The van der Waals surface area contributed by atoms with Gasteiger partial charge in [0, 0.05) is 12.6 Å². The quantitative estimate of drug-likeness (QED) is 0.877. The average molecular weight is 303 g/mol. The summed E-state index contributed by atoms with van der Waals surface area (Å²) in [5, 5.41) is 11.3. The molecule has 0 bridgehead atoms. The molecule has 110 valence electrons. The molecule has 0 spiro atoms. The number of rotatable bonds is 5. The molecule has 0 fully saturated rings. The first-order chi connectivity index (χ1) is 9.31. The van der Waals surface area contributed by atoms with E-state index >= 15 is 0 Å². The summed E-state index contributed by atoms with van der Waals surface area (Å²) in [6, 6.07) is 2.97. The molecule has 0 atom stereocenters. The van der Waals surface area contributed by atoms with Crippen LogP contribution in [0.15, 0.2) is 18.2 Å². The molecule has 1 aromatic rings. The van der Waals surface area contributed by atoms with Crippen molar-refractivity contribution in [2.45, 2.75) is 26.3 Å². The Morgan fingerprint density at radius 2 is 2.10 bits per heavy atom. The first-order valence-electron chi connectivity index (χ1n) is 6.05. The lowest BCUT2D eigenvalue weighted by Crippen LogP contribution is -2.41. The monoisotopic (exact) mass is 302 g/mol. The van der Waals surface area contributed by atoms with Crippen molar-refractivity contribution >= 4 is 29.3 Å². The van der Waals surface area contributed by atoms with Crippen molar-refractivity contribution in [1.82, 2.24) is 4.90 Å². The lowest BCUT2D eigenvalue weighted by atomic mass is 10.3. The minimum absolute atomic E-state index is 0.0810. The third-order valence-corrected chi connectivity index (χ3v) is 2.94. The molecule has 20 heavy (non-hydrogen) atoms. The standard InChI is InChI=1S/C13H16ClFN2O3/c1-8(2)17(6-5-12(18)19)13(20)16-11-4-3-9(15)7-10(11)14/h3-4,7-8H,5-6H2,1-2H3,(H,16,20)(H,18,19). The van der Waals surface area contributed by atoms with Crippen LogP contribution >= 0.6 is 11.6 Å². The van der Waals surface area contributed by atoms with Crippen molar-refractivity contribution in [2.24, 2.45) is 0 Å². The molecule has 0 aliphatic heterocycles. The number of amides is 2. The highest BCUT2D eigenvalue weighted by Crippen LogP contribution is 2.23. The van der Waals surface area contributed by atoms with Crippen LogP contribution in [0.5, 0.6) is 0 Å². The second-order valence-corrected chi connectivity index (χ2v) is 4.89. The van der Waals surface area contributed by atoms with Crippen LogP contribution in [-0.2, 0) is 4.79 Å². The minimum atomic E-state index is -0.983. The van der Waals surface area contributed by atoms with Gasteiger partial charge in [0.15, 0.2) is 0 Å². The molecule has 0 unspecified atom stereocenters. The lowest BCUT2D eigenvalue weighted by molar-refractivity contribution is -0.137. The van der Waals surface area contributed by atoms with Crippen LogP contribution in [-0.4, -0.2) is 34.6 Å². The summed E-state index contributed by atoms with van der Waals surface area (Å²) in [5.74, 6) is -1.48. The van der Waals surface area contributed by atoms with E-state index in [4.69, 9.17) is 16.7 Å². The summed E-state index contributed by atoms with van der Waals surface area (Å²) in [4.78, 5) is 24.0. The number of aliphatic carboxylic acids is 1. The zero-order valence-electron chi connectivity index (χ0n) is 11.2. The van der Waals surface area contributed by atoms with Crippen LogP contribution in [0.3, 0.4) is 0 Å². The van der Waals surface area contributed by atoms with Gasteiger partial charge >= 0.3 is 12.0 Å². The molecule has 0 aromatic heterocycles. The molecule has 1 rings (SSSR count). The van der Waals surface area contributed by atoms with Crippen LogP contribution in [0.25, 0.3) is 0 Å². The van der Waals surface area contributed by atoms with Gasteiger partial charge in [-0.1, -0.05) is 11.6 Å². The van der Waals surface area contributed by atoms with Crippen molar-refractivity contribution in [1.29, 1.82) is 0 Å². The summed E-state index contributed by atoms with van der Waals surface area (Å²) < 4.78 is 12.9.